The minimum atomic E-state index is 0.424. The van der Waals surface area contributed by atoms with Gasteiger partial charge in [0.2, 0.25) is 0 Å². The van der Waals surface area contributed by atoms with E-state index in [0.29, 0.717) is 16.7 Å². The fourth-order valence-corrected chi connectivity index (χ4v) is 3.82. The molecule has 94 valence electrons. The highest BCUT2D eigenvalue weighted by molar-refractivity contribution is 7.95. The van der Waals surface area contributed by atoms with E-state index >= 15 is 0 Å². The Hall–Kier alpha value is 0.600. The molecule has 0 aromatic rings. The normalized spacial score (nSPS) is 40.9. The summed E-state index contributed by atoms with van der Waals surface area (Å²) < 4.78 is 5.98. The van der Waals surface area contributed by atoms with Gasteiger partial charge in [-0.3, -0.25) is 0 Å². The van der Waals surface area contributed by atoms with Crippen molar-refractivity contribution < 1.29 is 4.18 Å². The van der Waals surface area contributed by atoms with Crippen LogP contribution in [0.25, 0.3) is 0 Å². The highest BCUT2D eigenvalue weighted by atomic mass is 35.5. The van der Waals surface area contributed by atoms with Gasteiger partial charge >= 0.3 is 0 Å². The molecule has 0 saturated heterocycles. The highest BCUT2D eigenvalue weighted by Crippen LogP contribution is 2.35. The maximum Gasteiger partial charge on any atom is 0.0722 e. The van der Waals surface area contributed by atoms with Crippen LogP contribution in [0.1, 0.15) is 58.3 Å². The van der Waals surface area contributed by atoms with Crippen LogP contribution in [0.15, 0.2) is 0 Å². The molecule has 0 heterocycles. The Labute approximate surface area is 109 Å². The predicted octanol–water partition coefficient (Wildman–Crippen LogP) is 4.78. The summed E-state index contributed by atoms with van der Waals surface area (Å²) in [5, 5.41) is 1.13. The van der Waals surface area contributed by atoms with Crippen LogP contribution >= 0.6 is 23.6 Å². The van der Waals surface area contributed by atoms with Crippen molar-refractivity contribution in [2.75, 3.05) is 0 Å². The van der Waals surface area contributed by atoms with Gasteiger partial charge in [-0.2, -0.15) is 0 Å². The molecule has 0 atom stereocenters. The monoisotopic (exact) mass is 262 g/mol. The van der Waals surface area contributed by atoms with E-state index in [1.165, 1.54) is 51.4 Å². The molecule has 0 amide bonds. The van der Waals surface area contributed by atoms with Gasteiger partial charge in [-0.1, -0.05) is 6.92 Å². The Bertz CT molecular complexity index is 174. The molecule has 0 aromatic heterocycles. The van der Waals surface area contributed by atoms with Crippen molar-refractivity contribution in [2.24, 2.45) is 5.92 Å². The molecule has 0 aromatic carbocycles. The molecule has 3 heteroatoms. The first kappa shape index (κ1) is 13.0. The molecule has 2 saturated carbocycles. The Balaban J connectivity index is 1.60. The van der Waals surface area contributed by atoms with E-state index in [2.05, 4.69) is 6.92 Å². The Morgan fingerprint density at radius 1 is 0.938 bits per heavy atom. The van der Waals surface area contributed by atoms with E-state index in [1.807, 2.05) is 0 Å². The van der Waals surface area contributed by atoms with Crippen LogP contribution in [0.2, 0.25) is 0 Å². The van der Waals surface area contributed by atoms with Crippen LogP contribution < -0.4 is 0 Å². The lowest BCUT2D eigenvalue weighted by atomic mass is 9.89. The van der Waals surface area contributed by atoms with Gasteiger partial charge in [0.1, 0.15) is 0 Å². The summed E-state index contributed by atoms with van der Waals surface area (Å²) in [6.07, 6.45) is 10.6. The lowest BCUT2D eigenvalue weighted by Gasteiger charge is -2.29. The van der Waals surface area contributed by atoms with Gasteiger partial charge in [-0.25, -0.2) is 0 Å². The highest BCUT2D eigenvalue weighted by Gasteiger charge is 2.24. The van der Waals surface area contributed by atoms with Crippen molar-refractivity contribution in [3.05, 3.63) is 0 Å². The van der Waals surface area contributed by atoms with Gasteiger partial charge < -0.3 is 4.18 Å². The third-order valence-electron chi connectivity index (χ3n) is 3.89. The average Bonchev–Trinajstić information content (AvgIpc) is 2.30. The third kappa shape index (κ3) is 4.12. The lowest BCUT2D eigenvalue weighted by molar-refractivity contribution is 0.159. The first-order valence-electron chi connectivity index (χ1n) is 6.70. The topological polar surface area (TPSA) is 9.23 Å². The summed E-state index contributed by atoms with van der Waals surface area (Å²) in [5.41, 5.74) is 0. The first-order chi connectivity index (χ1) is 7.74. The number of rotatable bonds is 3. The van der Waals surface area contributed by atoms with Crippen molar-refractivity contribution in [1.29, 1.82) is 0 Å². The van der Waals surface area contributed by atoms with Crippen molar-refractivity contribution in [2.45, 2.75) is 75.0 Å². The zero-order valence-electron chi connectivity index (χ0n) is 10.2. The van der Waals surface area contributed by atoms with E-state index in [1.54, 1.807) is 12.0 Å². The molecule has 2 aliphatic carbocycles. The molecule has 0 bridgehead atoms. The Morgan fingerprint density at radius 3 is 2.19 bits per heavy atom. The molecule has 1 nitrogen and oxygen atoms in total. The first-order valence-corrected chi connectivity index (χ1v) is 7.94. The molecule has 2 rings (SSSR count). The molecule has 2 aliphatic rings. The van der Waals surface area contributed by atoms with Gasteiger partial charge in [0, 0.05) is 10.6 Å². The number of alkyl halides is 1. The van der Waals surface area contributed by atoms with Crippen molar-refractivity contribution in [1.82, 2.24) is 0 Å². The van der Waals surface area contributed by atoms with Crippen molar-refractivity contribution in [3.63, 3.8) is 0 Å². The minimum Gasteiger partial charge on any atom is -0.312 e. The maximum atomic E-state index is 6.10. The molecule has 0 radical (unpaired) electrons. The largest absolute Gasteiger partial charge is 0.312 e. The van der Waals surface area contributed by atoms with Crippen LogP contribution in [-0.2, 0) is 4.18 Å². The summed E-state index contributed by atoms with van der Waals surface area (Å²) in [6, 6.07) is 0. The molecule has 0 unspecified atom stereocenters. The van der Waals surface area contributed by atoms with Crippen LogP contribution in [0.5, 0.6) is 0 Å². The van der Waals surface area contributed by atoms with E-state index in [0.717, 1.165) is 5.92 Å². The summed E-state index contributed by atoms with van der Waals surface area (Å²) in [4.78, 5) is 0. The predicted molar refractivity (Wildman–Crippen MR) is 72.0 cm³/mol. The summed E-state index contributed by atoms with van der Waals surface area (Å²) in [7, 11) is 0. The van der Waals surface area contributed by atoms with Crippen molar-refractivity contribution in [3.8, 4) is 0 Å². The van der Waals surface area contributed by atoms with Gasteiger partial charge in [0.25, 0.3) is 0 Å². The van der Waals surface area contributed by atoms with Gasteiger partial charge in [0.05, 0.1) is 6.10 Å². The zero-order valence-corrected chi connectivity index (χ0v) is 11.7. The van der Waals surface area contributed by atoms with Crippen LogP contribution in [0.3, 0.4) is 0 Å². The molecule has 0 aliphatic heterocycles. The molecule has 0 N–H and O–H groups in total. The Kier molecular flexibility index (Phi) is 5.31. The Morgan fingerprint density at radius 2 is 1.56 bits per heavy atom. The van der Waals surface area contributed by atoms with Crippen LogP contribution in [0, 0.1) is 5.92 Å². The van der Waals surface area contributed by atoms with Gasteiger partial charge in [-0.15, -0.1) is 11.6 Å². The quantitative estimate of drug-likeness (QED) is 0.535. The smallest absolute Gasteiger partial charge is 0.0722 e. The molecular weight excluding hydrogens is 240 g/mol. The van der Waals surface area contributed by atoms with E-state index in [4.69, 9.17) is 15.8 Å². The van der Waals surface area contributed by atoms with Gasteiger partial charge in [-0.05, 0) is 69.3 Å². The molecular formula is C13H23ClOS. The zero-order chi connectivity index (χ0) is 11.4. The number of hydrogen-bond donors (Lipinski definition) is 0. The van der Waals surface area contributed by atoms with Crippen LogP contribution in [0.4, 0.5) is 0 Å². The standard InChI is InChI=1S/C13H23ClOS/c1-10-2-6-12(7-3-10)15-16-13-8-4-11(14)5-9-13/h10-13H,2-9H2,1H3. The summed E-state index contributed by atoms with van der Waals surface area (Å²) in [6.45, 7) is 2.35. The van der Waals surface area contributed by atoms with E-state index < -0.39 is 0 Å². The number of halogens is 1. The maximum absolute atomic E-state index is 6.10. The fourth-order valence-electron chi connectivity index (χ4n) is 2.60. The van der Waals surface area contributed by atoms with Gasteiger partial charge in [0.15, 0.2) is 0 Å². The second-order valence-electron chi connectivity index (χ2n) is 5.45. The minimum absolute atomic E-state index is 0.424. The third-order valence-corrected chi connectivity index (χ3v) is 5.46. The second kappa shape index (κ2) is 6.51. The average molecular weight is 263 g/mol. The van der Waals surface area contributed by atoms with E-state index in [9.17, 15) is 0 Å². The number of hydrogen-bond acceptors (Lipinski definition) is 2. The molecule has 16 heavy (non-hydrogen) atoms. The van der Waals surface area contributed by atoms with E-state index in [-0.39, 0.29) is 0 Å². The molecule has 0 spiro atoms. The van der Waals surface area contributed by atoms with Crippen molar-refractivity contribution >= 4 is 23.6 Å². The summed E-state index contributed by atoms with van der Waals surface area (Å²) >= 11 is 7.85. The summed E-state index contributed by atoms with van der Waals surface area (Å²) in [5.74, 6) is 0.913. The molecule has 2 fully saturated rings. The van der Waals surface area contributed by atoms with Crippen LogP contribution in [-0.4, -0.2) is 16.7 Å². The lowest BCUT2D eigenvalue weighted by Crippen LogP contribution is -2.21. The second-order valence-corrected chi connectivity index (χ2v) is 7.12. The SMILES string of the molecule is CC1CCC(OSC2CCC(Cl)CC2)CC1. The fraction of sp³-hybridized carbons (Fsp3) is 1.00.